The molecule has 5 heteroatoms. The molecule has 1 aromatic heterocycles. The van der Waals surface area contributed by atoms with E-state index in [1.807, 2.05) is 0 Å². The summed E-state index contributed by atoms with van der Waals surface area (Å²) in [6.45, 7) is 0. The number of nitrogens with two attached hydrogens (primary N) is 1. The topological polar surface area (TPSA) is 52.0 Å². The van der Waals surface area contributed by atoms with Crippen LogP contribution in [0.1, 0.15) is 0 Å². The maximum atomic E-state index is 12.8. The lowest BCUT2D eigenvalue weighted by Gasteiger charge is -1.94. The van der Waals surface area contributed by atoms with Crippen LogP contribution in [0.15, 0.2) is 45.3 Å². The summed E-state index contributed by atoms with van der Waals surface area (Å²) in [7, 11) is 0. The second kappa shape index (κ2) is 4.10. The molecule has 3 rings (SSSR count). The predicted molar refractivity (Wildman–Crippen MR) is 71.5 cm³/mol. The smallest absolute Gasteiger partial charge is 0.227 e. The maximum Gasteiger partial charge on any atom is 0.227 e. The summed E-state index contributed by atoms with van der Waals surface area (Å²) in [6.07, 6.45) is 0. The van der Waals surface area contributed by atoms with Crippen molar-refractivity contribution in [3.05, 3.63) is 46.7 Å². The van der Waals surface area contributed by atoms with Crippen molar-refractivity contribution in [2.75, 3.05) is 5.73 Å². The number of hydrogen-bond acceptors (Lipinski definition) is 3. The fourth-order valence-corrected chi connectivity index (χ4v) is 2.28. The van der Waals surface area contributed by atoms with Crippen molar-refractivity contribution in [1.82, 2.24) is 4.98 Å². The van der Waals surface area contributed by atoms with Gasteiger partial charge in [-0.05, 0) is 52.3 Å². The zero-order valence-corrected chi connectivity index (χ0v) is 10.7. The van der Waals surface area contributed by atoms with Crippen LogP contribution >= 0.6 is 15.9 Å². The van der Waals surface area contributed by atoms with Gasteiger partial charge in [-0.15, -0.1) is 0 Å². The van der Waals surface area contributed by atoms with E-state index in [4.69, 9.17) is 10.2 Å². The highest BCUT2D eigenvalue weighted by molar-refractivity contribution is 9.10. The van der Waals surface area contributed by atoms with Crippen LogP contribution in [-0.4, -0.2) is 4.98 Å². The Balaban J connectivity index is 2.19. The quantitative estimate of drug-likeness (QED) is 0.692. The van der Waals surface area contributed by atoms with Gasteiger partial charge in [0.05, 0.1) is 4.47 Å². The Morgan fingerprint density at radius 3 is 2.61 bits per heavy atom. The van der Waals surface area contributed by atoms with E-state index < -0.39 is 0 Å². The lowest BCUT2D eigenvalue weighted by molar-refractivity contribution is 0.615. The number of rotatable bonds is 1. The average molecular weight is 307 g/mol. The first-order chi connectivity index (χ1) is 8.63. The van der Waals surface area contributed by atoms with Gasteiger partial charge in [0.15, 0.2) is 5.58 Å². The zero-order valence-electron chi connectivity index (χ0n) is 9.15. The molecular formula is C13H8BrFN2O. The van der Waals surface area contributed by atoms with Crippen molar-refractivity contribution in [3.8, 4) is 11.5 Å². The molecule has 0 aliphatic rings. The number of anilines is 1. The van der Waals surface area contributed by atoms with Crippen LogP contribution < -0.4 is 5.73 Å². The molecular weight excluding hydrogens is 299 g/mol. The monoisotopic (exact) mass is 306 g/mol. The molecule has 0 amide bonds. The predicted octanol–water partition coefficient (Wildman–Crippen LogP) is 3.98. The van der Waals surface area contributed by atoms with Crippen molar-refractivity contribution in [2.24, 2.45) is 0 Å². The molecule has 0 aliphatic carbocycles. The number of oxazole rings is 1. The number of benzene rings is 2. The van der Waals surface area contributed by atoms with Crippen LogP contribution in [0.3, 0.4) is 0 Å². The van der Waals surface area contributed by atoms with Crippen LogP contribution in [-0.2, 0) is 0 Å². The SMILES string of the molecule is Nc1cc(Br)c2oc(-c3ccc(F)cc3)nc2c1. The molecule has 3 aromatic rings. The third kappa shape index (κ3) is 1.86. The number of fused-ring (bicyclic) bond motifs is 1. The van der Waals surface area contributed by atoms with Crippen LogP contribution in [0.2, 0.25) is 0 Å². The van der Waals surface area contributed by atoms with Gasteiger partial charge < -0.3 is 10.2 Å². The Kier molecular flexibility index (Phi) is 2.56. The van der Waals surface area contributed by atoms with Crippen LogP contribution in [0.5, 0.6) is 0 Å². The first-order valence-electron chi connectivity index (χ1n) is 5.25. The second-order valence-electron chi connectivity index (χ2n) is 3.88. The first-order valence-corrected chi connectivity index (χ1v) is 6.04. The molecule has 0 saturated heterocycles. The van der Waals surface area contributed by atoms with Gasteiger partial charge in [0.2, 0.25) is 5.89 Å². The molecule has 0 fully saturated rings. The van der Waals surface area contributed by atoms with Crippen LogP contribution in [0, 0.1) is 5.82 Å². The van der Waals surface area contributed by atoms with Gasteiger partial charge in [-0.3, -0.25) is 0 Å². The Morgan fingerprint density at radius 2 is 1.89 bits per heavy atom. The van der Waals surface area contributed by atoms with E-state index in [0.717, 1.165) is 10.0 Å². The minimum atomic E-state index is -0.291. The van der Waals surface area contributed by atoms with Crippen LogP contribution in [0.25, 0.3) is 22.6 Å². The Bertz CT molecular complexity index is 722. The summed E-state index contributed by atoms with van der Waals surface area (Å²) in [4.78, 5) is 4.34. The van der Waals surface area contributed by atoms with Gasteiger partial charge >= 0.3 is 0 Å². The molecule has 2 aromatic carbocycles. The fourth-order valence-electron chi connectivity index (χ4n) is 1.73. The molecule has 0 saturated carbocycles. The van der Waals surface area contributed by atoms with Gasteiger partial charge in [-0.2, -0.15) is 0 Å². The average Bonchev–Trinajstić information content (AvgIpc) is 2.74. The minimum absolute atomic E-state index is 0.291. The lowest BCUT2D eigenvalue weighted by atomic mass is 10.2. The Hall–Kier alpha value is -1.88. The van der Waals surface area contributed by atoms with E-state index in [1.165, 1.54) is 12.1 Å². The van der Waals surface area contributed by atoms with Crippen molar-refractivity contribution in [2.45, 2.75) is 0 Å². The van der Waals surface area contributed by atoms with Crippen molar-refractivity contribution in [1.29, 1.82) is 0 Å². The van der Waals surface area contributed by atoms with Crippen molar-refractivity contribution < 1.29 is 8.81 Å². The number of nitrogen functional groups attached to an aromatic ring is 1. The molecule has 3 nitrogen and oxygen atoms in total. The summed E-state index contributed by atoms with van der Waals surface area (Å²) in [5, 5.41) is 0. The molecule has 0 spiro atoms. The van der Waals surface area contributed by atoms with E-state index in [2.05, 4.69) is 20.9 Å². The number of aromatic nitrogens is 1. The molecule has 0 bridgehead atoms. The fraction of sp³-hybridized carbons (Fsp3) is 0. The van der Waals surface area contributed by atoms with Crippen LogP contribution in [0.4, 0.5) is 10.1 Å². The summed E-state index contributed by atoms with van der Waals surface area (Å²) in [5.41, 5.74) is 8.35. The Labute approximate surface area is 111 Å². The van der Waals surface area contributed by atoms with Gasteiger partial charge in [-0.1, -0.05) is 0 Å². The van der Waals surface area contributed by atoms with Gasteiger partial charge in [-0.25, -0.2) is 9.37 Å². The molecule has 1 heterocycles. The van der Waals surface area contributed by atoms with Gasteiger partial charge in [0, 0.05) is 11.3 Å². The Morgan fingerprint density at radius 1 is 1.17 bits per heavy atom. The molecule has 0 unspecified atom stereocenters. The molecule has 18 heavy (non-hydrogen) atoms. The zero-order chi connectivity index (χ0) is 12.7. The van der Waals surface area contributed by atoms with Crippen molar-refractivity contribution >= 4 is 32.7 Å². The third-order valence-corrected chi connectivity index (χ3v) is 3.15. The standard InChI is InChI=1S/C13H8BrFN2O/c14-10-5-9(16)6-11-12(10)18-13(17-11)7-1-3-8(15)4-2-7/h1-6H,16H2. The highest BCUT2D eigenvalue weighted by Crippen LogP contribution is 2.31. The number of nitrogens with zero attached hydrogens (tertiary/aromatic N) is 1. The van der Waals surface area contributed by atoms with Crippen molar-refractivity contribution in [3.63, 3.8) is 0 Å². The molecule has 0 radical (unpaired) electrons. The molecule has 0 aliphatic heterocycles. The first kappa shape index (κ1) is 11.2. The largest absolute Gasteiger partial charge is 0.435 e. The number of hydrogen-bond donors (Lipinski definition) is 1. The van der Waals surface area contributed by atoms with E-state index in [-0.39, 0.29) is 5.82 Å². The van der Waals surface area contributed by atoms with E-state index >= 15 is 0 Å². The van der Waals surface area contributed by atoms with Gasteiger partial charge in [0.25, 0.3) is 0 Å². The number of halogens is 2. The molecule has 90 valence electrons. The molecule has 0 atom stereocenters. The lowest BCUT2D eigenvalue weighted by Crippen LogP contribution is -1.83. The highest BCUT2D eigenvalue weighted by Gasteiger charge is 2.11. The van der Waals surface area contributed by atoms with E-state index in [0.29, 0.717) is 22.7 Å². The van der Waals surface area contributed by atoms with E-state index in [9.17, 15) is 4.39 Å². The highest BCUT2D eigenvalue weighted by atomic mass is 79.9. The summed E-state index contributed by atoms with van der Waals surface area (Å²) in [6, 6.07) is 9.47. The molecule has 2 N–H and O–H groups in total. The summed E-state index contributed by atoms with van der Waals surface area (Å²) in [5.74, 6) is 0.150. The normalized spacial score (nSPS) is 11.0. The second-order valence-corrected chi connectivity index (χ2v) is 4.73. The summed E-state index contributed by atoms with van der Waals surface area (Å²) >= 11 is 3.37. The summed E-state index contributed by atoms with van der Waals surface area (Å²) < 4.78 is 19.2. The maximum absolute atomic E-state index is 12.8. The van der Waals surface area contributed by atoms with E-state index in [1.54, 1.807) is 24.3 Å². The minimum Gasteiger partial charge on any atom is -0.435 e. The third-order valence-electron chi connectivity index (χ3n) is 2.56. The van der Waals surface area contributed by atoms with Gasteiger partial charge in [0.1, 0.15) is 11.3 Å².